The van der Waals surface area contributed by atoms with Crippen molar-refractivity contribution in [3.8, 4) is 0 Å². The Balaban J connectivity index is 2.08. The highest BCUT2D eigenvalue weighted by molar-refractivity contribution is 7.92. The molecule has 2 rings (SSSR count). The van der Waals surface area contributed by atoms with E-state index in [0.29, 0.717) is 12.1 Å². The summed E-state index contributed by atoms with van der Waals surface area (Å²) in [5.74, 6) is 0.159. The highest BCUT2D eigenvalue weighted by Crippen LogP contribution is 2.25. The summed E-state index contributed by atoms with van der Waals surface area (Å²) in [6, 6.07) is 13.5. The van der Waals surface area contributed by atoms with Crippen LogP contribution in [0.25, 0.3) is 0 Å². The molecular formula is C18H24N2O2S. The quantitative estimate of drug-likeness (QED) is 0.779. The largest absolute Gasteiger partial charge is 0.355 e. The van der Waals surface area contributed by atoms with Gasteiger partial charge in [-0.25, -0.2) is 8.42 Å². The Labute approximate surface area is 139 Å². The first kappa shape index (κ1) is 17.3. The molecule has 0 amide bonds. The lowest BCUT2D eigenvalue weighted by Gasteiger charge is -2.13. The average Bonchev–Trinajstić information content (AvgIpc) is 2.50. The second kappa shape index (κ2) is 7.51. The van der Waals surface area contributed by atoms with Gasteiger partial charge in [-0.1, -0.05) is 31.5 Å². The summed E-state index contributed by atoms with van der Waals surface area (Å²) >= 11 is 0. The van der Waals surface area contributed by atoms with E-state index >= 15 is 0 Å². The Morgan fingerprint density at radius 2 is 1.48 bits per heavy atom. The third kappa shape index (κ3) is 4.99. The lowest BCUT2D eigenvalue weighted by Crippen LogP contribution is -2.16. The van der Waals surface area contributed by atoms with E-state index in [9.17, 15) is 8.42 Å². The zero-order valence-corrected chi connectivity index (χ0v) is 14.7. The number of anilines is 3. The minimum Gasteiger partial charge on any atom is -0.355 e. The van der Waals surface area contributed by atoms with Gasteiger partial charge in [-0.2, -0.15) is 0 Å². The predicted octanol–water partition coefficient (Wildman–Crippen LogP) is 4.59. The van der Waals surface area contributed by atoms with Gasteiger partial charge in [0, 0.05) is 17.1 Å². The summed E-state index contributed by atoms with van der Waals surface area (Å²) < 4.78 is 26.4. The SMILES string of the molecule is CCCCS(=O)(=O)Nc1ccc(Nc2c(C)cccc2C)cc1. The molecule has 0 spiro atoms. The lowest BCUT2D eigenvalue weighted by atomic mass is 10.1. The van der Waals surface area contributed by atoms with Crippen molar-refractivity contribution in [3.63, 3.8) is 0 Å². The monoisotopic (exact) mass is 332 g/mol. The van der Waals surface area contributed by atoms with Crippen LogP contribution in [0.2, 0.25) is 0 Å². The van der Waals surface area contributed by atoms with Crippen LogP contribution in [0.1, 0.15) is 30.9 Å². The number of aryl methyl sites for hydroxylation is 2. The molecule has 0 saturated heterocycles. The van der Waals surface area contributed by atoms with Crippen LogP contribution in [0.5, 0.6) is 0 Å². The number of benzene rings is 2. The first-order valence-electron chi connectivity index (χ1n) is 7.85. The van der Waals surface area contributed by atoms with E-state index in [4.69, 9.17) is 0 Å². The normalized spacial score (nSPS) is 11.3. The van der Waals surface area contributed by atoms with Crippen molar-refractivity contribution in [1.82, 2.24) is 0 Å². The molecule has 0 aromatic heterocycles. The van der Waals surface area contributed by atoms with Gasteiger partial charge in [-0.05, 0) is 55.7 Å². The molecule has 23 heavy (non-hydrogen) atoms. The standard InChI is InChI=1S/C18H24N2O2S/c1-4-5-13-23(21,22)20-17-11-9-16(10-12-17)19-18-14(2)7-6-8-15(18)3/h6-12,19-20H,4-5,13H2,1-3H3. The van der Waals surface area contributed by atoms with Gasteiger partial charge in [-0.15, -0.1) is 0 Å². The molecule has 0 saturated carbocycles. The summed E-state index contributed by atoms with van der Waals surface area (Å²) in [6.07, 6.45) is 1.53. The fourth-order valence-electron chi connectivity index (χ4n) is 2.34. The van der Waals surface area contributed by atoms with Crippen LogP contribution in [0.15, 0.2) is 42.5 Å². The molecule has 0 radical (unpaired) electrons. The van der Waals surface area contributed by atoms with Crippen molar-refractivity contribution in [1.29, 1.82) is 0 Å². The van der Waals surface area contributed by atoms with Crippen LogP contribution in [0.4, 0.5) is 17.1 Å². The third-order valence-corrected chi connectivity index (χ3v) is 5.05. The summed E-state index contributed by atoms with van der Waals surface area (Å²) in [5, 5.41) is 3.39. The zero-order chi connectivity index (χ0) is 16.9. The van der Waals surface area contributed by atoms with Gasteiger partial charge in [0.05, 0.1) is 5.75 Å². The van der Waals surface area contributed by atoms with Crippen LogP contribution in [0, 0.1) is 13.8 Å². The van der Waals surface area contributed by atoms with Gasteiger partial charge < -0.3 is 5.32 Å². The van der Waals surface area contributed by atoms with Crippen LogP contribution < -0.4 is 10.0 Å². The maximum Gasteiger partial charge on any atom is 0.232 e. The Morgan fingerprint density at radius 3 is 2.04 bits per heavy atom. The molecule has 0 aliphatic heterocycles. The number of hydrogen-bond acceptors (Lipinski definition) is 3. The van der Waals surface area contributed by atoms with E-state index in [2.05, 4.69) is 36.0 Å². The van der Waals surface area contributed by atoms with Crippen molar-refractivity contribution < 1.29 is 8.42 Å². The van der Waals surface area contributed by atoms with Crippen molar-refractivity contribution in [2.75, 3.05) is 15.8 Å². The van der Waals surface area contributed by atoms with E-state index in [1.165, 1.54) is 11.1 Å². The maximum absolute atomic E-state index is 11.9. The molecule has 2 aromatic rings. The smallest absolute Gasteiger partial charge is 0.232 e. The zero-order valence-electron chi connectivity index (χ0n) is 13.9. The fraction of sp³-hybridized carbons (Fsp3) is 0.333. The van der Waals surface area contributed by atoms with Crippen LogP contribution in [-0.2, 0) is 10.0 Å². The predicted molar refractivity (Wildman–Crippen MR) is 98.0 cm³/mol. The number of rotatable bonds is 7. The number of para-hydroxylation sites is 1. The maximum atomic E-state index is 11.9. The molecule has 2 aromatic carbocycles. The second-order valence-corrected chi connectivity index (χ2v) is 7.59. The second-order valence-electron chi connectivity index (χ2n) is 5.74. The minimum absolute atomic E-state index is 0.159. The van der Waals surface area contributed by atoms with Crippen molar-refractivity contribution in [3.05, 3.63) is 53.6 Å². The Morgan fingerprint density at radius 1 is 0.913 bits per heavy atom. The molecule has 5 heteroatoms. The van der Waals surface area contributed by atoms with E-state index in [1.807, 2.05) is 25.1 Å². The highest BCUT2D eigenvalue weighted by Gasteiger charge is 2.09. The Kier molecular flexibility index (Phi) is 5.66. The van der Waals surface area contributed by atoms with Gasteiger partial charge in [0.1, 0.15) is 0 Å². The number of sulfonamides is 1. The van der Waals surface area contributed by atoms with Crippen molar-refractivity contribution in [2.45, 2.75) is 33.6 Å². The van der Waals surface area contributed by atoms with Gasteiger partial charge in [-0.3, -0.25) is 4.72 Å². The van der Waals surface area contributed by atoms with Crippen molar-refractivity contribution >= 4 is 27.1 Å². The molecule has 0 heterocycles. The highest BCUT2D eigenvalue weighted by atomic mass is 32.2. The lowest BCUT2D eigenvalue weighted by molar-refractivity contribution is 0.598. The van der Waals surface area contributed by atoms with Gasteiger partial charge in [0.2, 0.25) is 10.0 Å². The van der Waals surface area contributed by atoms with Crippen LogP contribution in [0.3, 0.4) is 0 Å². The third-order valence-electron chi connectivity index (χ3n) is 3.68. The molecule has 0 fully saturated rings. The topological polar surface area (TPSA) is 58.2 Å². The molecule has 4 nitrogen and oxygen atoms in total. The van der Waals surface area contributed by atoms with Crippen molar-refractivity contribution in [2.24, 2.45) is 0 Å². The molecular weight excluding hydrogens is 308 g/mol. The van der Waals surface area contributed by atoms with Gasteiger partial charge in [0.15, 0.2) is 0 Å². The molecule has 2 N–H and O–H groups in total. The molecule has 0 atom stereocenters. The summed E-state index contributed by atoms with van der Waals surface area (Å²) in [4.78, 5) is 0. The van der Waals surface area contributed by atoms with Crippen LogP contribution in [-0.4, -0.2) is 14.2 Å². The average molecular weight is 332 g/mol. The molecule has 0 aliphatic rings. The Hall–Kier alpha value is -2.01. The Bertz CT molecular complexity index is 733. The fourth-order valence-corrected chi connectivity index (χ4v) is 3.61. The first-order valence-corrected chi connectivity index (χ1v) is 9.50. The number of unbranched alkanes of at least 4 members (excludes halogenated alkanes) is 1. The van der Waals surface area contributed by atoms with E-state index < -0.39 is 10.0 Å². The van der Waals surface area contributed by atoms with Crippen LogP contribution >= 0.6 is 0 Å². The summed E-state index contributed by atoms with van der Waals surface area (Å²) in [5.41, 5.74) is 4.96. The minimum atomic E-state index is -3.25. The number of hydrogen-bond donors (Lipinski definition) is 2. The summed E-state index contributed by atoms with van der Waals surface area (Å²) in [6.45, 7) is 6.10. The molecule has 0 unspecified atom stereocenters. The summed E-state index contributed by atoms with van der Waals surface area (Å²) in [7, 11) is -3.25. The molecule has 0 aliphatic carbocycles. The van der Waals surface area contributed by atoms with E-state index in [1.54, 1.807) is 12.1 Å². The number of nitrogens with one attached hydrogen (secondary N) is 2. The van der Waals surface area contributed by atoms with Gasteiger partial charge >= 0.3 is 0 Å². The molecule has 0 bridgehead atoms. The first-order chi connectivity index (χ1) is 10.9. The van der Waals surface area contributed by atoms with Gasteiger partial charge in [0.25, 0.3) is 0 Å². The molecule has 124 valence electrons. The van der Waals surface area contributed by atoms with E-state index in [-0.39, 0.29) is 5.75 Å². The van der Waals surface area contributed by atoms with E-state index in [0.717, 1.165) is 17.8 Å².